The summed E-state index contributed by atoms with van der Waals surface area (Å²) in [7, 11) is 2.12. The molecule has 1 aromatic rings. The normalized spacial score (nSPS) is 24.6. The Morgan fingerprint density at radius 2 is 1.79 bits per heavy atom. The fourth-order valence-corrected chi connectivity index (χ4v) is 3.62. The number of carbonyl (C=O) groups excluding carboxylic acids is 1. The van der Waals surface area contributed by atoms with Gasteiger partial charge in [-0.05, 0) is 55.0 Å². The zero-order valence-corrected chi connectivity index (χ0v) is 14.5. The zero-order valence-electron chi connectivity index (χ0n) is 11.4. The first-order chi connectivity index (χ1) is 8.90. The van der Waals surface area contributed by atoms with E-state index in [1.807, 2.05) is 23.1 Å². The lowest BCUT2D eigenvalue weighted by atomic mass is 10.1. The summed E-state index contributed by atoms with van der Waals surface area (Å²) < 4.78 is 1.81. The topological polar surface area (TPSA) is 23.6 Å². The molecule has 0 N–H and O–H groups in total. The first-order valence-electron chi connectivity index (χ1n) is 6.36. The number of piperazine rings is 1. The molecule has 0 saturated carbocycles. The molecule has 0 aromatic heterocycles. The summed E-state index contributed by atoms with van der Waals surface area (Å²) in [5.41, 5.74) is 0.729. The molecule has 19 heavy (non-hydrogen) atoms. The molecule has 1 aromatic carbocycles. The highest BCUT2D eigenvalue weighted by atomic mass is 79.9. The molecule has 0 spiro atoms. The summed E-state index contributed by atoms with van der Waals surface area (Å²) in [6.45, 7) is 5.88. The van der Waals surface area contributed by atoms with Gasteiger partial charge in [0.1, 0.15) is 0 Å². The van der Waals surface area contributed by atoms with Crippen LogP contribution in [0.5, 0.6) is 0 Å². The molecule has 1 fully saturated rings. The van der Waals surface area contributed by atoms with Crippen LogP contribution in [0.25, 0.3) is 0 Å². The predicted octanol–water partition coefficient (Wildman–Crippen LogP) is 3.38. The van der Waals surface area contributed by atoms with Crippen molar-refractivity contribution >= 4 is 37.8 Å². The van der Waals surface area contributed by atoms with E-state index < -0.39 is 0 Å². The summed E-state index contributed by atoms with van der Waals surface area (Å²) in [5, 5.41) is 0. The maximum absolute atomic E-state index is 12.6. The third-order valence-electron chi connectivity index (χ3n) is 3.81. The Balaban J connectivity index is 2.20. The lowest BCUT2D eigenvalue weighted by Crippen LogP contribution is -2.56. The van der Waals surface area contributed by atoms with Gasteiger partial charge in [0.15, 0.2) is 0 Å². The van der Waals surface area contributed by atoms with E-state index in [-0.39, 0.29) is 5.91 Å². The van der Waals surface area contributed by atoms with E-state index in [1.54, 1.807) is 0 Å². The monoisotopic (exact) mass is 388 g/mol. The Kier molecular flexibility index (Phi) is 4.69. The fourth-order valence-electron chi connectivity index (χ4n) is 2.40. The standard InChI is InChI=1S/C14H18Br2N2O/c1-9-7-18(8-10(2)17(9)3)14(19)12-5-4-11(15)6-13(12)16/h4-6,9-10H,7-8H2,1-3H3. The van der Waals surface area contributed by atoms with Crippen molar-refractivity contribution in [3.05, 3.63) is 32.7 Å². The Labute approximate surface area is 131 Å². The molecule has 1 saturated heterocycles. The molecule has 1 heterocycles. The fraction of sp³-hybridized carbons (Fsp3) is 0.500. The van der Waals surface area contributed by atoms with Gasteiger partial charge in [-0.3, -0.25) is 9.69 Å². The maximum atomic E-state index is 12.6. The van der Waals surface area contributed by atoms with Crippen molar-refractivity contribution < 1.29 is 4.79 Å². The summed E-state index contributed by atoms with van der Waals surface area (Å²) in [6.07, 6.45) is 0. The number of carbonyl (C=O) groups is 1. The van der Waals surface area contributed by atoms with Crippen LogP contribution in [-0.2, 0) is 0 Å². The van der Waals surface area contributed by atoms with E-state index in [0.717, 1.165) is 27.6 Å². The van der Waals surface area contributed by atoms with Gasteiger partial charge in [-0.1, -0.05) is 15.9 Å². The molecule has 3 nitrogen and oxygen atoms in total. The largest absolute Gasteiger partial charge is 0.335 e. The molecular formula is C14H18Br2N2O. The number of rotatable bonds is 1. The summed E-state index contributed by atoms with van der Waals surface area (Å²) in [5.74, 6) is 0.103. The van der Waals surface area contributed by atoms with Gasteiger partial charge in [-0.2, -0.15) is 0 Å². The second kappa shape index (κ2) is 5.94. The minimum Gasteiger partial charge on any atom is -0.335 e. The second-order valence-corrected chi connectivity index (χ2v) is 6.97. The van der Waals surface area contributed by atoms with E-state index in [4.69, 9.17) is 0 Å². The average Bonchev–Trinajstić information content (AvgIpc) is 2.34. The number of benzene rings is 1. The summed E-state index contributed by atoms with van der Waals surface area (Å²) in [6, 6.07) is 6.46. The molecule has 2 rings (SSSR count). The molecule has 2 atom stereocenters. The minimum atomic E-state index is 0.103. The van der Waals surface area contributed by atoms with E-state index >= 15 is 0 Å². The number of halogens is 2. The van der Waals surface area contributed by atoms with Gasteiger partial charge in [-0.25, -0.2) is 0 Å². The third-order valence-corrected chi connectivity index (χ3v) is 4.96. The Hall–Kier alpha value is -0.390. The number of hydrogen-bond acceptors (Lipinski definition) is 2. The Morgan fingerprint density at radius 3 is 2.32 bits per heavy atom. The van der Waals surface area contributed by atoms with Crippen LogP contribution in [0.3, 0.4) is 0 Å². The van der Waals surface area contributed by atoms with Crippen molar-refractivity contribution in [3.8, 4) is 0 Å². The zero-order chi connectivity index (χ0) is 14.2. The van der Waals surface area contributed by atoms with Crippen molar-refractivity contribution in [2.24, 2.45) is 0 Å². The van der Waals surface area contributed by atoms with E-state index in [9.17, 15) is 4.79 Å². The molecule has 0 bridgehead atoms. The summed E-state index contributed by atoms with van der Waals surface area (Å²) in [4.78, 5) is 16.9. The predicted molar refractivity (Wildman–Crippen MR) is 84.4 cm³/mol. The maximum Gasteiger partial charge on any atom is 0.255 e. The SMILES string of the molecule is CC1CN(C(=O)c2ccc(Br)cc2Br)CC(C)N1C. The third kappa shape index (κ3) is 3.20. The first kappa shape index (κ1) is 15.0. The number of hydrogen-bond donors (Lipinski definition) is 0. The smallest absolute Gasteiger partial charge is 0.255 e. The second-order valence-electron chi connectivity index (χ2n) is 5.20. The highest BCUT2D eigenvalue weighted by Crippen LogP contribution is 2.24. The van der Waals surface area contributed by atoms with Gasteiger partial charge in [0.25, 0.3) is 5.91 Å². The molecule has 1 aliphatic heterocycles. The van der Waals surface area contributed by atoms with Gasteiger partial charge in [0.2, 0.25) is 0 Å². The quantitative estimate of drug-likeness (QED) is 0.735. The van der Waals surface area contributed by atoms with Crippen molar-refractivity contribution in [2.75, 3.05) is 20.1 Å². The molecular weight excluding hydrogens is 372 g/mol. The van der Waals surface area contributed by atoms with Crippen LogP contribution in [0.15, 0.2) is 27.1 Å². The Morgan fingerprint density at radius 1 is 1.21 bits per heavy atom. The molecule has 0 radical (unpaired) electrons. The molecule has 0 aliphatic carbocycles. The lowest BCUT2D eigenvalue weighted by Gasteiger charge is -2.42. The lowest BCUT2D eigenvalue weighted by molar-refractivity contribution is 0.0413. The highest BCUT2D eigenvalue weighted by Gasteiger charge is 2.30. The van der Waals surface area contributed by atoms with Gasteiger partial charge in [0, 0.05) is 34.1 Å². The highest BCUT2D eigenvalue weighted by molar-refractivity contribution is 9.11. The van der Waals surface area contributed by atoms with Crippen molar-refractivity contribution in [2.45, 2.75) is 25.9 Å². The van der Waals surface area contributed by atoms with E-state index in [1.165, 1.54) is 0 Å². The van der Waals surface area contributed by atoms with E-state index in [2.05, 4.69) is 57.7 Å². The molecule has 2 unspecified atom stereocenters. The van der Waals surface area contributed by atoms with Crippen LogP contribution in [0.2, 0.25) is 0 Å². The molecule has 104 valence electrons. The number of nitrogens with zero attached hydrogens (tertiary/aromatic N) is 2. The van der Waals surface area contributed by atoms with Crippen LogP contribution >= 0.6 is 31.9 Å². The van der Waals surface area contributed by atoms with Gasteiger partial charge >= 0.3 is 0 Å². The molecule has 1 aliphatic rings. The number of likely N-dealkylation sites (N-methyl/N-ethyl adjacent to an activating group) is 1. The van der Waals surface area contributed by atoms with Crippen LogP contribution < -0.4 is 0 Å². The molecule has 5 heteroatoms. The van der Waals surface area contributed by atoms with Crippen molar-refractivity contribution in [3.63, 3.8) is 0 Å². The van der Waals surface area contributed by atoms with Crippen LogP contribution in [0.4, 0.5) is 0 Å². The Bertz CT molecular complexity index is 480. The average molecular weight is 390 g/mol. The van der Waals surface area contributed by atoms with Gasteiger partial charge in [0.05, 0.1) is 5.56 Å². The van der Waals surface area contributed by atoms with Gasteiger partial charge in [-0.15, -0.1) is 0 Å². The van der Waals surface area contributed by atoms with E-state index in [0.29, 0.717) is 12.1 Å². The van der Waals surface area contributed by atoms with Crippen LogP contribution in [-0.4, -0.2) is 47.9 Å². The first-order valence-corrected chi connectivity index (χ1v) is 7.95. The van der Waals surface area contributed by atoms with Crippen molar-refractivity contribution in [1.82, 2.24) is 9.80 Å². The summed E-state index contributed by atoms with van der Waals surface area (Å²) >= 11 is 6.88. The number of amides is 1. The van der Waals surface area contributed by atoms with Crippen LogP contribution in [0, 0.1) is 0 Å². The van der Waals surface area contributed by atoms with Crippen molar-refractivity contribution in [1.29, 1.82) is 0 Å². The molecule has 1 amide bonds. The minimum absolute atomic E-state index is 0.103. The van der Waals surface area contributed by atoms with Gasteiger partial charge < -0.3 is 4.90 Å². The van der Waals surface area contributed by atoms with Crippen LogP contribution in [0.1, 0.15) is 24.2 Å².